The van der Waals surface area contributed by atoms with Gasteiger partial charge in [-0.3, -0.25) is 9.78 Å². The molecule has 0 saturated heterocycles. The molecule has 0 fully saturated rings. The predicted molar refractivity (Wildman–Crippen MR) is 114 cm³/mol. The number of esters is 1. The normalized spacial score (nSPS) is 12.3. The van der Waals surface area contributed by atoms with Crippen LogP contribution in [0.1, 0.15) is 35.6 Å². The SMILES string of the molecule is COC(=O)CCCc1ccc(C(NS(=O)(=O)c2ccccc2)c2cccnc2)cc1. The molecule has 30 heavy (non-hydrogen) atoms. The van der Waals surface area contributed by atoms with Crippen molar-refractivity contribution in [1.29, 1.82) is 0 Å². The Bertz CT molecular complexity index is 1050. The van der Waals surface area contributed by atoms with Gasteiger partial charge < -0.3 is 4.74 Å². The Balaban J connectivity index is 1.82. The summed E-state index contributed by atoms with van der Waals surface area (Å²) in [6.45, 7) is 0. The van der Waals surface area contributed by atoms with E-state index in [4.69, 9.17) is 0 Å². The van der Waals surface area contributed by atoms with Crippen LogP contribution in [0, 0.1) is 0 Å². The molecule has 0 spiro atoms. The summed E-state index contributed by atoms with van der Waals surface area (Å²) in [7, 11) is -2.34. The van der Waals surface area contributed by atoms with Gasteiger partial charge in [-0.2, -0.15) is 4.72 Å². The summed E-state index contributed by atoms with van der Waals surface area (Å²) >= 11 is 0. The first-order valence-corrected chi connectivity index (χ1v) is 11.1. The van der Waals surface area contributed by atoms with Crippen LogP contribution in [0.5, 0.6) is 0 Å². The number of ether oxygens (including phenoxy) is 1. The van der Waals surface area contributed by atoms with Gasteiger partial charge in [0.25, 0.3) is 0 Å². The quantitative estimate of drug-likeness (QED) is 0.530. The lowest BCUT2D eigenvalue weighted by Crippen LogP contribution is -2.29. The van der Waals surface area contributed by atoms with Crippen LogP contribution in [-0.2, 0) is 26.0 Å². The van der Waals surface area contributed by atoms with E-state index in [1.54, 1.807) is 48.8 Å². The minimum absolute atomic E-state index is 0.207. The number of methoxy groups -OCH3 is 1. The van der Waals surface area contributed by atoms with Crippen LogP contribution in [-0.4, -0.2) is 26.5 Å². The third-order valence-electron chi connectivity index (χ3n) is 4.73. The van der Waals surface area contributed by atoms with Crippen molar-refractivity contribution in [3.05, 3.63) is 95.8 Å². The van der Waals surface area contributed by atoms with Crippen LogP contribution < -0.4 is 4.72 Å². The molecule has 0 aliphatic rings. The molecule has 0 saturated carbocycles. The molecule has 1 atom stereocenters. The number of aromatic nitrogens is 1. The Morgan fingerprint density at radius 1 is 1.00 bits per heavy atom. The number of carbonyl (C=O) groups excluding carboxylic acids is 1. The smallest absolute Gasteiger partial charge is 0.305 e. The maximum absolute atomic E-state index is 12.9. The van der Waals surface area contributed by atoms with Crippen molar-refractivity contribution in [2.45, 2.75) is 30.2 Å². The van der Waals surface area contributed by atoms with E-state index in [0.29, 0.717) is 12.8 Å². The molecule has 1 unspecified atom stereocenters. The van der Waals surface area contributed by atoms with Crippen molar-refractivity contribution in [3.8, 4) is 0 Å². The highest BCUT2D eigenvalue weighted by molar-refractivity contribution is 7.89. The average molecular weight is 425 g/mol. The first-order valence-electron chi connectivity index (χ1n) is 9.62. The average Bonchev–Trinajstić information content (AvgIpc) is 2.79. The minimum Gasteiger partial charge on any atom is -0.469 e. The molecule has 0 bridgehead atoms. The second-order valence-electron chi connectivity index (χ2n) is 6.82. The lowest BCUT2D eigenvalue weighted by molar-refractivity contribution is -0.140. The number of pyridine rings is 1. The number of carbonyl (C=O) groups is 1. The number of benzene rings is 2. The second kappa shape index (κ2) is 10.1. The van der Waals surface area contributed by atoms with Gasteiger partial charge in [-0.15, -0.1) is 0 Å². The fourth-order valence-corrected chi connectivity index (χ4v) is 4.35. The van der Waals surface area contributed by atoms with Crippen molar-refractivity contribution in [2.75, 3.05) is 7.11 Å². The summed E-state index contributed by atoms with van der Waals surface area (Å²) < 4.78 is 33.3. The molecule has 1 heterocycles. The largest absolute Gasteiger partial charge is 0.469 e. The first-order chi connectivity index (χ1) is 14.5. The minimum atomic E-state index is -3.72. The Kier molecular flexibility index (Phi) is 7.32. The molecule has 3 rings (SSSR count). The molecular formula is C23H24N2O4S. The maximum Gasteiger partial charge on any atom is 0.305 e. The molecule has 0 radical (unpaired) electrons. The standard InChI is InChI=1S/C23H24N2O4S/c1-29-22(26)11-5-7-18-12-14-19(15-13-18)23(20-8-6-16-24-17-20)25-30(27,28)21-9-3-2-4-10-21/h2-4,6,8-10,12-17,23,25H,5,7,11H2,1H3. The Hall–Kier alpha value is -3.03. The number of nitrogens with zero attached hydrogens (tertiary/aromatic N) is 1. The highest BCUT2D eigenvalue weighted by Crippen LogP contribution is 2.25. The van der Waals surface area contributed by atoms with Gasteiger partial charge in [0.05, 0.1) is 18.0 Å². The second-order valence-corrected chi connectivity index (χ2v) is 8.54. The molecule has 1 N–H and O–H groups in total. The Morgan fingerprint density at radius 3 is 2.37 bits per heavy atom. The number of hydrogen-bond acceptors (Lipinski definition) is 5. The molecule has 6 nitrogen and oxygen atoms in total. The molecular weight excluding hydrogens is 400 g/mol. The van der Waals surface area contributed by atoms with E-state index in [1.807, 2.05) is 30.3 Å². The molecule has 0 aliphatic heterocycles. The number of sulfonamides is 1. The van der Waals surface area contributed by atoms with Gasteiger partial charge in [0.1, 0.15) is 0 Å². The van der Waals surface area contributed by atoms with E-state index < -0.39 is 16.1 Å². The number of aryl methyl sites for hydroxylation is 1. The monoisotopic (exact) mass is 424 g/mol. The van der Waals surface area contributed by atoms with Gasteiger partial charge in [-0.05, 0) is 47.7 Å². The van der Waals surface area contributed by atoms with Crippen molar-refractivity contribution in [2.24, 2.45) is 0 Å². The first kappa shape index (κ1) is 21.7. The number of nitrogens with one attached hydrogen (secondary N) is 1. The van der Waals surface area contributed by atoms with Crippen LogP contribution in [0.2, 0.25) is 0 Å². The van der Waals surface area contributed by atoms with Gasteiger partial charge in [-0.25, -0.2) is 8.42 Å². The summed E-state index contributed by atoms with van der Waals surface area (Å²) in [5, 5.41) is 0. The zero-order valence-corrected chi connectivity index (χ0v) is 17.5. The van der Waals surface area contributed by atoms with E-state index in [2.05, 4.69) is 14.4 Å². The molecule has 156 valence electrons. The zero-order valence-electron chi connectivity index (χ0n) is 16.7. The van der Waals surface area contributed by atoms with Crippen LogP contribution in [0.25, 0.3) is 0 Å². The summed E-state index contributed by atoms with van der Waals surface area (Å²) in [5.74, 6) is -0.224. The van der Waals surface area contributed by atoms with E-state index in [-0.39, 0.29) is 10.9 Å². The van der Waals surface area contributed by atoms with Gasteiger partial charge in [0.15, 0.2) is 0 Å². The fourth-order valence-electron chi connectivity index (χ4n) is 3.11. The number of hydrogen-bond donors (Lipinski definition) is 1. The topological polar surface area (TPSA) is 85.4 Å². The summed E-state index contributed by atoms with van der Waals surface area (Å²) in [5.41, 5.74) is 2.62. The Morgan fingerprint density at radius 2 is 1.73 bits per heavy atom. The zero-order chi connectivity index (χ0) is 21.4. The molecule has 0 aliphatic carbocycles. The van der Waals surface area contributed by atoms with Crippen molar-refractivity contribution in [3.63, 3.8) is 0 Å². The van der Waals surface area contributed by atoms with E-state index in [0.717, 1.165) is 23.1 Å². The lowest BCUT2D eigenvalue weighted by atomic mass is 9.98. The van der Waals surface area contributed by atoms with Gasteiger partial charge in [0, 0.05) is 18.8 Å². The Labute approximate surface area is 177 Å². The third kappa shape index (κ3) is 5.75. The molecule has 7 heteroatoms. The van der Waals surface area contributed by atoms with Gasteiger partial charge >= 0.3 is 5.97 Å². The van der Waals surface area contributed by atoms with E-state index >= 15 is 0 Å². The maximum atomic E-state index is 12.9. The number of rotatable bonds is 9. The highest BCUT2D eigenvalue weighted by Gasteiger charge is 2.23. The van der Waals surface area contributed by atoms with Crippen LogP contribution in [0.15, 0.2) is 84.0 Å². The summed E-state index contributed by atoms with van der Waals surface area (Å²) in [4.78, 5) is 15.6. The molecule has 1 aromatic heterocycles. The van der Waals surface area contributed by atoms with Crippen molar-refractivity contribution < 1.29 is 17.9 Å². The van der Waals surface area contributed by atoms with Crippen LogP contribution in [0.4, 0.5) is 0 Å². The van der Waals surface area contributed by atoms with Crippen LogP contribution in [0.3, 0.4) is 0 Å². The lowest BCUT2D eigenvalue weighted by Gasteiger charge is -2.20. The predicted octanol–water partition coefficient (Wildman–Crippen LogP) is 3.65. The fraction of sp³-hybridized carbons (Fsp3) is 0.217. The highest BCUT2D eigenvalue weighted by atomic mass is 32.2. The molecule has 2 aromatic carbocycles. The van der Waals surface area contributed by atoms with Gasteiger partial charge in [0.2, 0.25) is 10.0 Å². The van der Waals surface area contributed by atoms with Crippen molar-refractivity contribution in [1.82, 2.24) is 9.71 Å². The molecule has 3 aromatic rings. The van der Waals surface area contributed by atoms with E-state index in [1.165, 1.54) is 7.11 Å². The van der Waals surface area contributed by atoms with E-state index in [9.17, 15) is 13.2 Å². The summed E-state index contributed by atoms with van der Waals surface area (Å²) in [6, 6.07) is 19.0. The van der Waals surface area contributed by atoms with Crippen molar-refractivity contribution >= 4 is 16.0 Å². The summed E-state index contributed by atoms with van der Waals surface area (Å²) in [6.07, 6.45) is 5.11. The third-order valence-corrected chi connectivity index (χ3v) is 6.17. The van der Waals surface area contributed by atoms with Gasteiger partial charge in [-0.1, -0.05) is 48.5 Å². The van der Waals surface area contributed by atoms with Crippen LogP contribution >= 0.6 is 0 Å². The molecule has 0 amide bonds.